The number of rotatable bonds is 2. The second kappa shape index (κ2) is 3.47. The van der Waals surface area contributed by atoms with Crippen molar-refractivity contribution < 1.29 is 13.5 Å². The van der Waals surface area contributed by atoms with Crippen LogP contribution in [0.5, 0.6) is 5.75 Å². The van der Waals surface area contributed by atoms with Crippen LogP contribution in [0.1, 0.15) is 17.7 Å². The highest BCUT2D eigenvalue weighted by Gasteiger charge is 2.16. The van der Waals surface area contributed by atoms with Gasteiger partial charge in [0.1, 0.15) is 11.4 Å². The number of aryl methyl sites for hydroxylation is 1. The average Bonchev–Trinajstić information content (AvgIpc) is 2.03. The molecule has 0 spiro atoms. The van der Waals surface area contributed by atoms with E-state index in [2.05, 4.69) is 4.98 Å². The van der Waals surface area contributed by atoms with E-state index < -0.39 is 6.43 Å². The summed E-state index contributed by atoms with van der Waals surface area (Å²) in [5, 5.41) is 0. The van der Waals surface area contributed by atoms with E-state index in [1.807, 2.05) is 0 Å². The lowest BCUT2D eigenvalue weighted by atomic mass is 10.2. The summed E-state index contributed by atoms with van der Waals surface area (Å²) < 4.78 is 29.3. The van der Waals surface area contributed by atoms with Crippen LogP contribution >= 0.6 is 0 Å². The summed E-state index contributed by atoms with van der Waals surface area (Å²) in [5.74, 6) is 0.174. The Morgan fingerprint density at radius 2 is 2.17 bits per heavy atom. The third-order valence-corrected chi connectivity index (χ3v) is 1.54. The first-order valence-corrected chi connectivity index (χ1v) is 3.44. The number of hydrogen-bond donors (Lipinski definition) is 0. The fraction of sp³-hybridized carbons (Fsp3) is 0.375. The first-order valence-electron chi connectivity index (χ1n) is 3.44. The maximum absolute atomic E-state index is 12.3. The Balaban J connectivity index is 3.18. The molecule has 0 bridgehead atoms. The normalized spacial score (nSPS) is 10.4. The van der Waals surface area contributed by atoms with E-state index in [1.54, 1.807) is 13.0 Å². The Morgan fingerprint density at radius 3 is 2.58 bits per heavy atom. The molecule has 0 atom stereocenters. The standard InChI is InChI=1S/C8H9F2NO/c1-5-3-4-11-6(8(9)10)7(5)12-2/h3-4,8H,1-2H3. The molecule has 0 amide bonds. The molecule has 4 heteroatoms. The van der Waals surface area contributed by atoms with Gasteiger partial charge in [-0.3, -0.25) is 4.98 Å². The molecule has 0 aliphatic rings. The van der Waals surface area contributed by atoms with Crippen LogP contribution < -0.4 is 4.74 Å². The SMILES string of the molecule is COc1c(C)ccnc1C(F)F. The van der Waals surface area contributed by atoms with Crippen LogP contribution in [0.15, 0.2) is 12.3 Å². The summed E-state index contributed by atoms with van der Waals surface area (Å²) in [6, 6.07) is 1.63. The molecule has 0 saturated heterocycles. The van der Waals surface area contributed by atoms with Gasteiger partial charge < -0.3 is 4.74 Å². The lowest BCUT2D eigenvalue weighted by molar-refractivity contribution is 0.141. The monoisotopic (exact) mass is 173 g/mol. The van der Waals surface area contributed by atoms with E-state index in [-0.39, 0.29) is 11.4 Å². The molecule has 0 aliphatic heterocycles. The van der Waals surface area contributed by atoms with Gasteiger partial charge in [-0.05, 0) is 18.6 Å². The molecule has 0 unspecified atom stereocenters. The number of pyridine rings is 1. The molecular weight excluding hydrogens is 164 g/mol. The first-order chi connectivity index (χ1) is 5.66. The van der Waals surface area contributed by atoms with E-state index in [0.29, 0.717) is 5.56 Å². The minimum atomic E-state index is -2.58. The molecule has 0 saturated carbocycles. The van der Waals surface area contributed by atoms with Gasteiger partial charge in [0.15, 0.2) is 0 Å². The molecule has 2 nitrogen and oxygen atoms in total. The van der Waals surface area contributed by atoms with Crippen molar-refractivity contribution >= 4 is 0 Å². The highest BCUT2D eigenvalue weighted by molar-refractivity contribution is 5.36. The van der Waals surface area contributed by atoms with Gasteiger partial charge in [-0.15, -0.1) is 0 Å². The second-order valence-electron chi connectivity index (χ2n) is 2.35. The Morgan fingerprint density at radius 1 is 1.50 bits per heavy atom. The quantitative estimate of drug-likeness (QED) is 0.684. The molecule has 1 heterocycles. The molecule has 1 aromatic heterocycles. The van der Waals surface area contributed by atoms with Crippen molar-refractivity contribution in [3.8, 4) is 5.75 Å². The second-order valence-corrected chi connectivity index (χ2v) is 2.35. The molecule has 0 N–H and O–H groups in total. The fourth-order valence-electron chi connectivity index (χ4n) is 0.987. The number of aromatic nitrogens is 1. The van der Waals surface area contributed by atoms with Gasteiger partial charge in [-0.2, -0.15) is 0 Å². The van der Waals surface area contributed by atoms with Crippen molar-refractivity contribution in [3.05, 3.63) is 23.5 Å². The first kappa shape index (κ1) is 8.90. The minimum absolute atomic E-state index is 0.174. The molecule has 0 radical (unpaired) electrons. The average molecular weight is 173 g/mol. The zero-order chi connectivity index (χ0) is 9.14. The molecule has 66 valence electrons. The zero-order valence-electron chi connectivity index (χ0n) is 6.84. The molecule has 0 aromatic carbocycles. The minimum Gasteiger partial charge on any atom is -0.494 e. The summed E-state index contributed by atoms with van der Waals surface area (Å²) in [5.41, 5.74) is 0.375. The Kier molecular flexibility index (Phi) is 2.58. The maximum Gasteiger partial charge on any atom is 0.284 e. The molecule has 12 heavy (non-hydrogen) atoms. The summed E-state index contributed by atoms with van der Waals surface area (Å²) in [7, 11) is 1.36. The zero-order valence-corrected chi connectivity index (χ0v) is 6.84. The van der Waals surface area contributed by atoms with Gasteiger partial charge in [-0.25, -0.2) is 8.78 Å². The largest absolute Gasteiger partial charge is 0.494 e. The van der Waals surface area contributed by atoms with Crippen LogP contribution in [0.4, 0.5) is 8.78 Å². The summed E-state index contributed by atoms with van der Waals surface area (Å²) in [6.45, 7) is 1.70. The van der Waals surface area contributed by atoms with Crippen LogP contribution in [0.2, 0.25) is 0 Å². The van der Waals surface area contributed by atoms with Crippen LogP contribution in [0.3, 0.4) is 0 Å². The summed E-state index contributed by atoms with van der Waals surface area (Å²) in [4.78, 5) is 3.53. The van der Waals surface area contributed by atoms with Crippen LogP contribution in [-0.4, -0.2) is 12.1 Å². The number of hydrogen-bond acceptors (Lipinski definition) is 2. The molecule has 1 aromatic rings. The lowest BCUT2D eigenvalue weighted by Gasteiger charge is -2.08. The van der Waals surface area contributed by atoms with Crippen molar-refractivity contribution in [1.82, 2.24) is 4.98 Å². The highest BCUT2D eigenvalue weighted by atomic mass is 19.3. The van der Waals surface area contributed by atoms with Gasteiger partial charge in [0, 0.05) is 6.20 Å². The molecule has 1 rings (SSSR count). The van der Waals surface area contributed by atoms with E-state index in [0.717, 1.165) is 0 Å². The topological polar surface area (TPSA) is 22.1 Å². The van der Waals surface area contributed by atoms with Crippen LogP contribution in [0.25, 0.3) is 0 Å². The number of alkyl halides is 2. The Hall–Kier alpha value is -1.19. The van der Waals surface area contributed by atoms with E-state index >= 15 is 0 Å². The number of halogens is 2. The van der Waals surface area contributed by atoms with Crippen LogP contribution in [-0.2, 0) is 0 Å². The maximum atomic E-state index is 12.3. The fourth-order valence-corrected chi connectivity index (χ4v) is 0.987. The smallest absolute Gasteiger partial charge is 0.284 e. The number of ether oxygens (including phenoxy) is 1. The Bertz CT molecular complexity index is 276. The van der Waals surface area contributed by atoms with E-state index in [4.69, 9.17) is 4.74 Å². The Labute approximate surface area is 69.2 Å². The van der Waals surface area contributed by atoms with E-state index in [1.165, 1.54) is 13.3 Å². The van der Waals surface area contributed by atoms with Gasteiger partial charge in [-0.1, -0.05) is 0 Å². The number of methoxy groups -OCH3 is 1. The molecular formula is C8H9F2NO. The molecule has 0 aliphatic carbocycles. The van der Waals surface area contributed by atoms with Crippen molar-refractivity contribution in [2.45, 2.75) is 13.3 Å². The van der Waals surface area contributed by atoms with Crippen molar-refractivity contribution in [1.29, 1.82) is 0 Å². The van der Waals surface area contributed by atoms with Gasteiger partial charge in [0.2, 0.25) is 0 Å². The van der Waals surface area contributed by atoms with E-state index in [9.17, 15) is 8.78 Å². The molecule has 0 fully saturated rings. The van der Waals surface area contributed by atoms with Crippen molar-refractivity contribution in [2.24, 2.45) is 0 Å². The summed E-state index contributed by atoms with van der Waals surface area (Å²) >= 11 is 0. The van der Waals surface area contributed by atoms with Crippen LogP contribution in [0, 0.1) is 6.92 Å². The van der Waals surface area contributed by atoms with Crippen molar-refractivity contribution in [2.75, 3.05) is 7.11 Å². The summed E-state index contributed by atoms with van der Waals surface area (Å²) in [6.07, 6.45) is -1.24. The lowest BCUT2D eigenvalue weighted by Crippen LogP contribution is -1.97. The highest BCUT2D eigenvalue weighted by Crippen LogP contribution is 2.28. The number of nitrogens with zero attached hydrogens (tertiary/aromatic N) is 1. The third kappa shape index (κ3) is 1.52. The predicted octanol–water partition coefficient (Wildman–Crippen LogP) is 2.34. The van der Waals surface area contributed by atoms with Crippen molar-refractivity contribution in [3.63, 3.8) is 0 Å². The van der Waals surface area contributed by atoms with Gasteiger partial charge in [0.25, 0.3) is 6.43 Å². The van der Waals surface area contributed by atoms with Gasteiger partial charge in [0.05, 0.1) is 7.11 Å². The van der Waals surface area contributed by atoms with Gasteiger partial charge >= 0.3 is 0 Å². The third-order valence-electron chi connectivity index (χ3n) is 1.54. The predicted molar refractivity (Wildman–Crippen MR) is 40.5 cm³/mol.